The molecular formula is C16H15ClN2O4. The Labute approximate surface area is 138 Å². The normalized spacial score (nSPS) is 10.3. The van der Waals surface area contributed by atoms with Gasteiger partial charge in [-0.2, -0.15) is 0 Å². The van der Waals surface area contributed by atoms with E-state index in [0.717, 1.165) is 0 Å². The second kappa shape index (κ2) is 7.71. The smallest absolute Gasteiger partial charge is 0.269 e. The fourth-order valence-electron chi connectivity index (χ4n) is 2.08. The van der Waals surface area contributed by atoms with Gasteiger partial charge in [0.15, 0.2) is 0 Å². The Morgan fingerprint density at radius 1 is 1.26 bits per heavy atom. The molecule has 2 aromatic rings. The summed E-state index contributed by atoms with van der Waals surface area (Å²) in [6, 6.07) is 11.1. The molecule has 0 aromatic heterocycles. The Bertz CT molecular complexity index is 717. The van der Waals surface area contributed by atoms with E-state index in [-0.39, 0.29) is 24.6 Å². The summed E-state index contributed by atoms with van der Waals surface area (Å²) >= 11 is 6.10. The summed E-state index contributed by atoms with van der Waals surface area (Å²) in [4.78, 5) is 22.3. The number of benzene rings is 2. The van der Waals surface area contributed by atoms with E-state index >= 15 is 0 Å². The van der Waals surface area contributed by atoms with Crippen LogP contribution in [0.2, 0.25) is 5.02 Å². The fraction of sp³-hybridized carbons (Fsp3) is 0.188. The van der Waals surface area contributed by atoms with Gasteiger partial charge in [0.1, 0.15) is 0 Å². The predicted octanol–water partition coefficient (Wildman–Crippen LogP) is 3.58. The van der Waals surface area contributed by atoms with Gasteiger partial charge in [-0.15, -0.1) is 0 Å². The van der Waals surface area contributed by atoms with Crippen molar-refractivity contribution >= 4 is 28.9 Å². The Morgan fingerprint density at radius 2 is 1.96 bits per heavy atom. The van der Waals surface area contributed by atoms with E-state index in [1.54, 1.807) is 37.4 Å². The van der Waals surface area contributed by atoms with Crippen LogP contribution in [0.25, 0.3) is 0 Å². The maximum atomic E-state index is 12.1. The van der Waals surface area contributed by atoms with Crippen LogP contribution in [0.3, 0.4) is 0 Å². The molecule has 6 nitrogen and oxygen atoms in total. The largest absolute Gasteiger partial charge is 0.380 e. The molecule has 0 atom stereocenters. The van der Waals surface area contributed by atoms with Crippen molar-refractivity contribution in [1.82, 2.24) is 0 Å². The number of rotatable bonds is 6. The molecule has 0 radical (unpaired) electrons. The van der Waals surface area contributed by atoms with E-state index in [1.807, 2.05) is 0 Å². The number of methoxy groups -OCH3 is 1. The molecule has 1 amide bonds. The average molecular weight is 335 g/mol. The van der Waals surface area contributed by atoms with E-state index < -0.39 is 4.92 Å². The Kier molecular flexibility index (Phi) is 5.67. The lowest BCUT2D eigenvalue weighted by atomic mass is 10.1. The summed E-state index contributed by atoms with van der Waals surface area (Å²) in [6.07, 6.45) is 0.108. The van der Waals surface area contributed by atoms with Crippen molar-refractivity contribution in [1.29, 1.82) is 0 Å². The highest BCUT2D eigenvalue weighted by molar-refractivity contribution is 6.31. The number of carbonyl (C=O) groups excluding carboxylic acids is 1. The Morgan fingerprint density at radius 3 is 2.57 bits per heavy atom. The average Bonchev–Trinajstić information content (AvgIpc) is 2.51. The van der Waals surface area contributed by atoms with E-state index in [1.165, 1.54) is 12.1 Å². The van der Waals surface area contributed by atoms with Crippen LogP contribution in [-0.2, 0) is 22.6 Å². The van der Waals surface area contributed by atoms with Gasteiger partial charge in [0, 0.05) is 35.5 Å². The number of anilines is 1. The zero-order valence-corrected chi connectivity index (χ0v) is 13.2. The van der Waals surface area contributed by atoms with Gasteiger partial charge in [0.2, 0.25) is 5.91 Å². The van der Waals surface area contributed by atoms with Gasteiger partial charge in [0.05, 0.1) is 18.0 Å². The minimum absolute atomic E-state index is 0.00798. The highest BCUT2D eigenvalue weighted by Crippen LogP contribution is 2.25. The zero-order valence-electron chi connectivity index (χ0n) is 12.4. The number of nitrogens with one attached hydrogen (secondary N) is 1. The first-order valence-corrected chi connectivity index (χ1v) is 7.18. The number of halogens is 1. The van der Waals surface area contributed by atoms with Crippen LogP contribution in [0.15, 0.2) is 42.5 Å². The van der Waals surface area contributed by atoms with Crippen molar-refractivity contribution in [3.63, 3.8) is 0 Å². The fourth-order valence-corrected chi connectivity index (χ4v) is 2.31. The van der Waals surface area contributed by atoms with E-state index in [2.05, 4.69) is 5.32 Å². The molecule has 2 rings (SSSR count). The monoisotopic (exact) mass is 334 g/mol. The van der Waals surface area contributed by atoms with Crippen LogP contribution >= 0.6 is 11.6 Å². The quantitative estimate of drug-likeness (QED) is 0.646. The van der Waals surface area contributed by atoms with E-state index in [4.69, 9.17) is 16.3 Å². The third-order valence-electron chi connectivity index (χ3n) is 3.19. The third kappa shape index (κ3) is 4.51. The summed E-state index contributed by atoms with van der Waals surface area (Å²) in [5.74, 6) is -0.238. The second-order valence-electron chi connectivity index (χ2n) is 4.85. The lowest BCUT2D eigenvalue weighted by Gasteiger charge is -2.12. The molecule has 0 saturated heterocycles. The molecule has 2 aromatic carbocycles. The van der Waals surface area contributed by atoms with Crippen molar-refractivity contribution in [3.05, 3.63) is 68.7 Å². The number of carbonyl (C=O) groups is 1. The molecule has 0 heterocycles. The van der Waals surface area contributed by atoms with E-state index in [9.17, 15) is 14.9 Å². The topological polar surface area (TPSA) is 81.5 Å². The van der Waals surface area contributed by atoms with Crippen LogP contribution in [0, 0.1) is 10.1 Å². The van der Waals surface area contributed by atoms with Crippen LogP contribution in [0.5, 0.6) is 0 Å². The van der Waals surface area contributed by atoms with Crippen molar-refractivity contribution < 1.29 is 14.5 Å². The number of amides is 1. The standard InChI is InChI=1S/C16H15ClN2O4/c1-23-10-13-14(17)3-2-4-15(13)18-16(20)9-11-5-7-12(8-6-11)19(21)22/h2-8H,9-10H2,1H3,(H,18,20). The highest BCUT2D eigenvalue weighted by atomic mass is 35.5. The molecule has 0 spiro atoms. The number of hydrogen-bond acceptors (Lipinski definition) is 4. The van der Waals surface area contributed by atoms with Gasteiger partial charge in [-0.05, 0) is 17.7 Å². The maximum absolute atomic E-state index is 12.1. The molecule has 0 aliphatic heterocycles. The molecule has 120 valence electrons. The number of nitro benzene ring substituents is 1. The van der Waals surface area contributed by atoms with Gasteiger partial charge in [-0.1, -0.05) is 29.8 Å². The van der Waals surface area contributed by atoms with Crippen molar-refractivity contribution in [3.8, 4) is 0 Å². The highest BCUT2D eigenvalue weighted by Gasteiger charge is 2.11. The first kappa shape index (κ1) is 16.9. The summed E-state index contributed by atoms with van der Waals surface area (Å²) in [7, 11) is 1.55. The number of nitrogens with zero attached hydrogens (tertiary/aromatic N) is 1. The van der Waals surface area contributed by atoms with Crippen molar-refractivity contribution in [2.75, 3.05) is 12.4 Å². The molecule has 0 unspecified atom stereocenters. The third-order valence-corrected chi connectivity index (χ3v) is 3.55. The number of hydrogen-bond donors (Lipinski definition) is 1. The molecule has 1 N–H and O–H groups in total. The number of non-ortho nitro benzene ring substituents is 1. The lowest BCUT2D eigenvalue weighted by Crippen LogP contribution is -2.16. The minimum Gasteiger partial charge on any atom is -0.380 e. The minimum atomic E-state index is -0.479. The molecule has 0 aliphatic rings. The summed E-state index contributed by atoms with van der Waals surface area (Å²) < 4.78 is 5.09. The molecule has 0 aliphatic carbocycles. The summed E-state index contributed by atoms with van der Waals surface area (Å²) in [6.45, 7) is 0.285. The predicted molar refractivity (Wildman–Crippen MR) is 87.6 cm³/mol. The van der Waals surface area contributed by atoms with Gasteiger partial charge in [0.25, 0.3) is 5.69 Å². The molecular weight excluding hydrogens is 320 g/mol. The maximum Gasteiger partial charge on any atom is 0.269 e. The van der Waals surface area contributed by atoms with Crippen LogP contribution in [0.4, 0.5) is 11.4 Å². The van der Waals surface area contributed by atoms with Crippen molar-refractivity contribution in [2.45, 2.75) is 13.0 Å². The zero-order chi connectivity index (χ0) is 16.8. The van der Waals surface area contributed by atoms with E-state index in [0.29, 0.717) is 21.8 Å². The number of ether oxygens (including phenoxy) is 1. The first-order chi connectivity index (χ1) is 11.0. The van der Waals surface area contributed by atoms with Gasteiger partial charge < -0.3 is 10.1 Å². The Hall–Kier alpha value is -2.44. The molecule has 0 bridgehead atoms. The molecule has 23 heavy (non-hydrogen) atoms. The lowest BCUT2D eigenvalue weighted by molar-refractivity contribution is -0.384. The van der Waals surface area contributed by atoms with Crippen LogP contribution in [0.1, 0.15) is 11.1 Å². The second-order valence-corrected chi connectivity index (χ2v) is 5.25. The SMILES string of the molecule is COCc1c(Cl)cccc1NC(=O)Cc1ccc([N+](=O)[O-])cc1. The summed E-state index contributed by atoms with van der Waals surface area (Å²) in [5.41, 5.74) is 1.97. The van der Waals surface area contributed by atoms with Gasteiger partial charge in [-0.25, -0.2) is 0 Å². The van der Waals surface area contributed by atoms with Crippen molar-refractivity contribution in [2.24, 2.45) is 0 Å². The molecule has 0 saturated carbocycles. The first-order valence-electron chi connectivity index (χ1n) is 6.80. The Balaban J connectivity index is 2.08. The number of nitro groups is 1. The van der Waals surface area contributed by atoms with Gasteiger partial charge >= 0.3 is 0 Å². The van der Waals surface area contributed by atoms with Crippen LogP contribution in [-0.4, -0.2) is 17.9 Å². The van der Waals surface area contributed by atoms with Gasteiger partial charge in [-0.3, -0.25) is 14.9 Å². The molecule has 0 fully saturated rings. The summed E-state index contributed by atoms with van der Waals surface area (Å²) in [5, 5.41) is 13.9. The molecule has 7 heteroatoms. The van der Waals surface area contributed by atoms with Crippen LogP contribution < -0.4 is 5.32 Å².